The quantitative estimate of drug-likeness (QED) is 0.411. The van der Waals surface area contributed by atoms with E-state index in [4.69, 9.17) is 0 Å². The fourth-order valence-corrected chi connectivity index (χ4v) is 6.02. The minimum atomic E-state index is 0.0327. The Bertz CT molecular complexity index is 1080. The first-order valence-corrected chi connectivity index (χ1v) is 10.4. The van der Waals surface area contributed by atoms with Crippen LogP contribution in [0, 0.1) is 11.8 Å². The van der Waals surface area contributed by atoms with E-state index in [-0.39, 0.29) is 5.41 Å². The zero-order valence-corrected chi connectivity index (χ0v) is 16.2. The molecule has 0 aliphatic heterocycles. The van der Waals surface area contributed by atoms with E-state index in [1.807, 2.05) is 0 Å². The average molecular weight is 361 g/mol. The van der Waals surface area contributed by atoms with Crippen molar-refractivity contribution < 1.29 is 0 Å². The van der Waals surface area contributed by atoms with Gasteiger partial charge in [-0.2, -0.15) is 0 Å². The second kappa shape index (κ2) is 5.82. The van der Waals surface area contributed by atoms with Crippen LogP contribution in [0.1, 0.15) is 41.5 Å². The third kappa shape index (κ3) is 2.06. The number of hydrogen-bond acceptors (Lipinski definition) is 0. The second-order valence-electron chi connectivity index (χ2n) is 8.69. The molecule has 3 atom stereocenters. The lowest BCUT2D eigenvalue weighted by Crippen LogP contribution is -2.33. The van der Waals surface area contributed by atoms with Crippen LogP contribution in [0.2, 0.25) is 0 Å². The van der Waals surface area contributed by atoms with Gasteiger partial charge in [0.1, 0.15) is 0 Å². The standard InChI is InChI=1S/C28H24/c1-19-18-28(17-16-21(19)23-15-14-20-8-2-3-9-22(20)23)26-12-6-4-10-24(26)25-11-5-7-13-27(25)28/h2-17,19,21,23H,18H2,1H3. The molecule has 3 aliphatic rings. The van der Waals surface area contributed by atoms with Crippen LogP contribution in [0.15, 0.2) is 91.0 Å². The second-order valence-corrected chi connectivity index (χ2v) is 8.69. The van der Waals surface area contributed by atoms with E-state index in [0.717, 1.165) is 0 Å². The van der Waals surface area contributed by atoms with Crippen LogP contribution in [-0.2, 0) is 5.41 Å². The SMILES string of the molecule is CC1CC2(C=CC1C1C=Cc3ccccc31)c1ccccc1-c1ccccc12. The maximum absolute atomic E-state index is 2.54. The zero-order valence-electron chi connectivity index (χ0n) is 16.2. The monoisotopic (exact) mass is 360 g/mol. The molecule has 1 spiro atoms. The lowest BCUT2D eigenvalue weighted by atomic mass is 9.63. The van der Waals surface area contributed by atoms with Crippen molar-refractivity contribution in [3.05, 3.63) is 113 Å². The molecule has 0 saturated heterocycles. The molecule has 3 aliphatic carbocycles. The van der Waals surface area contributed by atoms with Gasteiger partial charge in [-0.25, -0.2) is 0 Å². The van der Waals surface area contributed by atoms with Gasteiger partial charge in [-0.15, -0.1) is 0 Å². The summed E-state index contributed by atoms with van der Waals surface area (Å²) in [6.07, 6.45) is 11.0. The topological polar surface area (TPSA) is 0 Å². The lowest BCUT2D eigenvalue weighted by Gasteiger charge is -2.40. The van der Waals surface area contributed by atoms with Crippen molar-refractivity contribution in [3.63, 3.8) is 0 Å². The van der Waals surface area contributed by atoms with E-state index in [9.17, 15) is 0 Å². The van der Waals surface area contributed by atoms with Crippen molar-refractivity contribution in [2.24, 2.45) is 11.8 Å². The maximum atomic E-state index is 2.54. The van der Waals surface area contributed by atoms with Crippen LogP contribution in [0.4, 0.5) is 0 Å². The van der Waals surface area contributed by atoms with E-state index in [1.165, 1.54) is 39.8 Å². The van der Waals surface area contributed by atoms with Crippen molar-refractivity contribution in [3.8, 4) is 11.1 Å². The van der Waals surface area contributed by atoms with Crippen LogP contribution in [0.25, 0.3) is 17.2 Å². The zero-order chi connectivity index (χ0) is 18.7. The molecule has 0 saturated carbocycles. The Hall–Kier alpha value is -2.86. The molecule has 0 nitrogen and oxygen atoms in total. The van der Waals surface area contributed by atoms with Gasteiger partial charge in [-0.05, 0) is 51.6 Å². The van der Waals surface area contributed by atoms with Gasteiger partial charge in [0.15, 0.2) is 0 Å². The van der Waals surface area contributed by atoms with Crippen LogP contribution >= 0.6 is 0 Å². The van der Waals surface area contributed by atoms with Crippen molar-refractivity contribution in [2.45, 2.75) is 24.7 Å². The maximum Gasteiger partial charge on any atom is 0.0397 e. The van der Waals surface area contributed by atoms with Gasteiger partial charge < -0.3 is 0 Å². The van der Waals surface area contributed by atoms with Crippen LogP contribution in [0.3, 0.4) is 0 Å². The molecule has 0 aromatic heterocycles. The minimum Gasteiger partial charge on any atom is -0.0830 e. The van der Waals surface area contributed by atoms with Crippen molar-refractivity contribution in [2.75, 3.05) is 0 Å². The molecular weight excluding hydrogens is 336 g/mol. The first-order chi connectivity index (χ1) is 13.8. The van der Waals surface area contributed by atoms with Gasteiger partial charge in [0, 0.05) is 11.3 Å². The molecule has 3 aromatic carbocycles. The highest BCUT2D eigenvalue weighted by atomic mass is 14.5. The Balaban J connectivity index is 1.47. The summed E-state index contributed by atoms with van der Waals surface area (Å²) >= 11 is 0. The van der Waals surface area contributed by atoms with Crippen molar-refractivity contribution in [1.82, 2.24) is 0 Å². The summed E-state index contributed by atoms with van der Waals surface area (Å²) in [5, 5.41) is 0. The molecule has 6 rings (SSSR count). The summed E-state index contributed by atoms with van der Waals surface area (Å²) in [5.41, 5.74) is 8.72. The average Bonchev–Trinajstić information content (AvgIpc) is 3.28. The Labute approximate surface area is 167 Å². The summed E-state index contributed by atoms with van der Waals surface area (Å²) in [5.74, 6) is 1.68. The van der Waals surface area contributed by atoms with Gasteiger partial charge in [0.2, 0.25) is 0 Å². The first-order valence-electron chi connectivity index (χ1n) is 10.4. The van der Waals surface area contributed by atoms with E-state index < -0.39 is 0 Å². The van der Waals surface area contributed by atoms with E-state index in [0.29, 0.717) is 17.8 Å². The van der Waals surface area contributed by atoms with Gasteiger partial charge in [-0.1, -0.05) is 104 Å². The molecule has 0 heterocycles. The van der Waals surface area contributed by atoms with E-state index >= 15 is 0 Å². The van der Waals surface area contributed by atoms with Crippen LogP contribution < -0.4 is 0 Å². The van der Waals surface area contributed by atoms with Crippen LogP contribution in [-0.4, -0.2) is 0 Å². The Morgan fingerprint density at radius 1 is 0.750 bits per heavy atom. The fourth-order valence-electron chi connectivity index (χ4n) is 6.02. The summed E-state index contributed by atoms with van der Waals surface area (Å²) in [6, 6.07) is 26.9. The molecule has 0 radical (unpaired) electrons. The molecule has 0 N–H and O–H groups in total. The first kappa shape index (κ1) is 16.1. The van der Waals surface area contributed by atoms with Gasteiger partial charge in [0.05, 0.1) is 0 Å². The fraction of sp³-hybridized carbons (Fsp3) is 0.214. The summed E-state index contributed by atoms with van der Waals surface area (Å²) in [7, 11) is 0. The third-order valence-electron chi connectivity index (χ3n) is 7.26. The van der Waals surface area contributed by atoms with E-state index in [1.54, 1.807) is 0 Å². The molecule has 3 aromatic rings. The normalized spacial score (nSPS) is 25.5. The predicted molar refractivity (Wildman–Crippen MR) is 117 cm³/mol. The highest BCUT2D eigenvalue weighted by Gasteiger charge is 2.46. The molecule has 0 bridgehead atoms. The molecule has 0 amide bonds. The number of allylic oxidation sites excluding steroid dienone is 3. The van der Waals surface area contributed by atoms with E-state index in [2.05, 4.69) is 104 Å². The van der Waals surface area contributed by atoms with Gasteiger partial charge in [0.25, 0.3) is 0 Å². The third-order valence-corrected chi connectivity index (χ3v) is 7.26. The molecule has 0 fully saturated rings. The summed E-state index contributed by atoms with van der Waals surface area (Å²) < 4.78 is 0. The molecule has 0 heteroatoms. The Morgan fingerprint density at radius 3 is 2.11 bits per heavy atom. The summed E-state index contributed by atoms with van der Waals surface area (Å²) in [6.45, 7) is 2.45. The smallest absolute Gasteiger partial charge is 0.0397 e. The Morgan fingerprint density at radius 2 is 1.39 bits per heavy atom. The summed E-state index contributed by atoms with van der Waals surface area (Å²) in [4.78, 5) is 0. The number of fused-ring (bicyclic) bond motifs is 6. The molecular formula is C28H24. The van der Waals surface area contributed by atoms with Gasteiger partial charge in [-0.3, -0.25) is 0 Å². The molecule has 28 heavy (non-hydrogen) atoms. The highest BCUT2D eigenvalue weighted by Crippen LogP contribution is 2.56. The van der Waals surface area contributed by atoms with Gasteiger partial charge >= 0.3 is 0 Å². The molecule has 136 valence electrons. The number of benzene rings is 3. The Kier molecular flexibility index (Phi) is 3.35. The largest absolute Gasteiger partial charge is 0.0830 e. The number of rotatable bonds is 1. The van der Waals surface area contributed by atoms with Crippen molar-refractivity contribution in [1.29, 1.82) is 0 Å². The highest BCUT2D eigenvalue weighted by molar-refractivity contribution is 5.82. The number of hydrogen-bond donors (Lipinski definition) is 0. The molecule has 3 unspecified atom stereocenters. The van der Waals surface area contributed by atoms with Crippen LogP contribution in [0.5, 0.6) is 0 Å². The predicted octanol–water partition coefficient (Wildman–Crippen LogP) is 6.98. The van der Waals surface area contributed by atoms with Crippen molar-refractivity contribution >= 4 is 6.08 Å². The minimum absolute atomic E-state index is 0.0327. The lowest BCUT2D eigenvalue weighted by molar-refractivity contribution is 0.312.